The Labute approximate surface area is 118 Å². The number of pyridine rings is 1. The van der Waals surface area contributed by atoms with E-state index in [0.29, 0.717) is 17.5 Å². The van der Waals surface area contributed by atoms with Crippen LogP contribution < -0.4 is 5.43 Å². The highest BCUT2D eigenvalue weighted by Crippen LogP contribution is 2.18. The second-order valence-electron chi connectivity index (χ2n) is 4.76. The minimum absolute atomic E-state index is 0.151. The van der Waals surface area contributed by atoms with Crippen LogP contribution in [-0.2, 0) is 24.6 Å². The largest absolute Gasteiger partial charge is 0.465 e. The highest BCUT2D eigenvalue weighted by Gasteiger charge is 2.20. The summed E-state index contributed by atoms with van der Waals surface area (Å²) in [4.78, 5) is 24.5. The van der Waals surface area contributed by atoms with Crippen molar-refractivity contribution in [1.82, 2.24) is 4.57 Å². The molecule has 0 bridgehead atoms. The third-order valence-corrected chi connectivity index (χ3v) is 3.72. The van der Waals surface area contributed by atoms with Gasteiger partial charge in [0.05, 0.1) is 12.6 Å². The normalized spacial score (nSPS) is 10.8. The summed E-state index contributed by atoms with van der Waals surface area (Å²) in [6.45, 7) is 3.96. The number of carbonyl (C=O) groups excluding carboxylic acids is 1. The van der Waals surface area contributed by atoms with Crippen molar-refractivity contribution in [2.24, 2.45) is 7.05 Å². The van der Waals surface area contributed by atoms with E-state index in [1.54, 1.807) is 0 Å². The van der Waals surface area contributed by atoms with Gasteiger partial charge in [-0.25, -0.2) is 4.79 Å². The number of fused-ring (bicyclic) bond motifs is 1. The lowest BCUT2D eigenvalue weighted by Gasteiger charge is -2.15. The van der Waals surface area contributed by atoms with Gasteiger partial charge < -0.3 is 9.30 Å². The van der Waals surface area contributed by atoms with Gasteiger partial charge in [0.2, 0.25) is 5.43 Å². The number of methoxy groups -OCH3 is 1. The number of hydrogen-bond acceptors (Lipinski definition) is 3. The molecule has 0 saturated heterocycles. The van der Waals surface area contributed by atoms with Gasteiger partial charge in [-0.15, -0.1) is 0 Å². The molecule has 0 aliphatic heterocycles. The summed E-state index contributed by atoms with van der Waals surface area (Å²) in [7, 11) is 3.17. The fraction of sp³-hybridized carbons (Fsp3) is 0.375. The van der Waals surface area contributed by atoms with Crippen LogP contribution in [0.25, 0.3) is 10.9 Å². The smallest absolute Gasteiger partial charge is 0.343 e. The fourth-order valence-electron chi connectivity index (χ4n) is 2.58. The number of hydrogen-bond donors (Lipinski definition) is 0. The van der Waals surface area contributed by atoms with E-state index in [-0.39, 0.29) is 11.0 Å². The summed E-state index contributed by atoms with van der Waals surface area (Å²) in [6, 6.07) is 5.82. The number of benzene rings is 1. The quantitative estimate of drug-likeness (QED) is 0.807. The molecule has 0 atom stereocenters. The van der Waals surface area contributed by atoms with Crippen LogP contribution in [0, 0.1) is 0 Å². The van der Waals surface area contributed by atoms with Gasteiger partial charge in [-0.05, 0) is 30.5 Å². The molecule has 0 saturated carbocycles. The highest BCUT2D eigenvalue weighted by atomic mass is 16.5. The van der Waals surface area contributed by atoms with Crippen molar-refractivity contribution in [3.8, 4) is 0 Å². The van der Waals surface area contributed by atoms with E-state index in [2.05, 4.69) is 0 Å². The second-order valence-corrected chi connectivity index (χ2v) is 4.76. The topological polar surface area (TPSA) is 48.3 Å². The van der Waals surface area contributed by atoms with E-state index in [1.165, 1.54) is 7.11 Å². The van der Waals surface area contributed by atoms with E-state index in [4.69, 9.17) is 4.74 Å². The van der Waals surface area contributed by atoms with Gasteiger partial charge in [0, 0.05) is 18.1 Å². The Morgan fingerprint density at radius 2 is 1.95 bits per heavy atom. The Balaban J connectivity index is 2.94. The van der Waals surface area contributed by atoms with Crippen molar-refractivity contribution in [3.05, 3.63) is 45.2 Å². The summed E-state index contributed by atoms with van der Waals surface area (Å²) in [5.74, 6) is -0.564. The van der Waals surface area contributed by atoms with Crippen LogP contribution >= 0.6 is 0 Å². The molecule has 1 aromatic heterocycles. The molecule has 0 radical (unpaired) electrons. The lowest BCUT2D eigenvalue weighted by atomic mass is 10.0. The Hall–Kier alpha value is -2.10. The van der Waals surface area contributed by atoms with Gasteiger partial charge in [-0.1, -0.05) is 19.9 Å². The first-order chi connectivity index (χ1) is 9.54. The molecule has 0 aliphatic rings. The molecule has 0 amide bonds. The van der Waals surface area contributed by atoms with Gasteiger partial charge in [-0.2, -0.15) is 0 Å². The number of aromatic nitrogens is 1. The summed E-state index contributed by atoms with van der Waals surface area (Å²) >= 11 is 0. The lowest BCUT2D eigenvalue weighted by molar-refractivity contribution is 0.0597. The van der Waals surface area contributed by atoms with E-state index in [1.807, 2.05) is 43.7 Å². The monoisotopic (exact) mass is 273 g/mol. The van der Waals surface area contributed by atoms with Gasteiger partial charge in [-0.3, -0.25) is 4.79 Å². The van der Waals surface area contributed by atoms with Crippen LogP contribution in [0.15, 0.2) is 23.0 Å². The molecular formula is C16H19NO3. The molecule has 106 valence electrons. The summed E-state index contributed by atoms with van der Waals surface area (Å²) in [6.07, 6.45) is 1.45. The molecule has 1 heterocycles. The molecule has 1 aromatic carbocycles. The lowest BCUT2D eigenvalue weighted by Crippen LogP contribution is -2.24. The maximum atomic E-state index is 12.6. The molecule has 4 nitrogen and oxygen atoms in total. The molecule has 20 heavy (non-hydrogen) atoms. The number of nitrogens with zero attached hydrogens (tertiary/aromatic N) is 1. The number of aryl methyl sites for hydroxylation is 2. The molecule has 2 rings (SSSR count). The first kappa shape index (κ1) is 14.3. The van der Waals surface area contributed by atoms with Crippen molar-refractivity contribution >= 4 is 16.9 Å². The summed E-state index contributed by atoms with van der Waals surface area (Å²) < 4.78 is 6.67. The van der Waals surface area contributed by atoms with Crippen molar-refractivity contribution in [2.75, 3.05) is 7.11 Å². The standard InChI is InChI=1S/C16H19NO3/c1-5-10-7-8-13-11(9-10)15(18)14(16(19)20-4)12(6-2)17(13)3/h7-9H,5-6H2,1-4H3. The van der Waals surface area contributed by atoms with Gasteiger partial charge in [0.15, 0.2) is 0 Å². The molecule has 4 heteroatoms. The number of esters is 1. The third-order valence-electron chi connectivity index (χ3n) is 3.72. The van der Waals surface area contributed by atoms with Gasteiger partial charge >= 0.3 is 5.97 Å². The van der Waals surface area contributed by atoms with Crippen molar-refractivity contribution in [2.45, 2.75) is 26.7 Å². The van der Waals surface area contributed by atoms with Crippen LogP contribution in [-0.4, -0.2) is 17.6 Å². The zero-order valence-electron chi connectivity index (χ0n) is 12.3. The second kappa shape index (κ2) is 5.49. The third kappa shape index (κ3) is 2.11. The molecular weight excluding hydrogens is 254 g/mol. The van der Waals surface area contributed by atoms with Gasteiger partial charge in [0.1, 0.15) is 5.56 Å². The Bertz CT molecular complexity index is 729. The molecule has 0 N–H and O–H groups in total. The number of carbonyl (C=O) groups is 1. The van der Waals surface area contributed by atoms with E-state index in [9.17, 15) is 9.59 Å². The number of rotatable bonds is 3. The molecule has 0 unspecified atom stereocenters. The van der Waals surface area contributed by atoms with Gasteiger partial charge in [0.25, 0.3) is 0 Å². The first-order valence-electron chi connectivity index (χ1n) is 6.77. The van der Waals surface area contributed by atoms with Crippen molar-refractivity contribution < 1.29 is 9.53 Å². The van der Waals surface area contributed by atoms with E-state index < -0.39 is 5.97 Å². The first-order valence-corrected chi connectivity index (χ1v) is 6.77. The maximum absolute atomic E-state index is 12.6. The zero-order chi connectivity index (χ0) is 14.9. The minimum atomic E-state index is -0.564. The van der Waals surface area contributed by atoms with Crippen LogP contribution in [0.5, 0.6) is 0 Å². The van der Waals surface area contributed by atoms with E-state index in [0.717, 1.165) is 17.5 Å². The molecule has 0 aliphatic carbocycles. The predicted octanol–water partition coefficient (Wildman–Crippen LogP) is 2.45. The Kier molecular flexibility index (Phi) is 3.93. The van der Waals surface area contributed by atoms with Crippen LogP contribution in [0.4, 0.5) is 0 Å². The van der Waals surface area contributed by atoms with Crippen molar-refractivity contribution in [3.63, 3.8) is 0 Å². The summed E-state index contributed by atoms with van der Waals surface area (Å²) in [5, 5.41) is 0.574. The Morgan fingerprint density at radius 1 is 1.25 bits per heavy atom. The fourth-order valence-corrected chi connectivity index (χ4v) is 2.58. The minimum Gasteiger partial charge on any atom is -0.465 e. The zero-order valence-corrected chi connectivity index (χ0v) is 12.3. The van der Waals surface area contributed by atoms with Crippen LogP contribution in [0.2, 0.25) is 0 Å². The maximum Gasteiger partial charge on any atom is 0.343 e. The van der Waals surface area contributed by atoms with E-state index >= 15 is 0 Å². The average Bonchev–Trinajstić information content (AvgIpc) is 2.49. The van der Waals surface area contributed by atoms with Crippen LogP contribution in [0.1, 0.15) is 35.5 Å². The molecule has 0 fully saturated rings. The highest BCUT2D eigenvalue weighted by molar-refractivity contribution is 5.95. The molecule has 0 spiro atoms. The van der Waals surface area contributed by atoms with Crippen molar-refractivity contribution in [1.29, 1.82) is 0 Å². The summed E-state index contributed by atoms with van der Waals surface area (Å²) in [5.41, 5.74) is 2.54. The number of ether oxygens (including phenoxy) is 1. The molecule has 2 aromatic rings. The predicted molar refractivity (Wildman–Crippen MR) is 79.3 cm³/mol. The Morgan fingerprint density at radius 3 is 2.50 bits per heavy atom. The average molecular weight is 273 g/mol. The van der Waals surface area contributed by atoms with Crippen LogP contribution in [0.3, 0.4) is 0 Å². The SMILES string of the molecule is CCc1ccc2c(c1)c(=O)c(C(=O)OC)c(CC)n2C.